The average molecular weight is 178 g/mol. The molecule has 0 atom stereocenters. The fourth-order valence-electron chi connectivity index (χ4n) is 1.72. The molecule has 1 saturated heterocycles. The number of nitrogens with one attached hydrogen (secondary N) is 1. The second kappa shape index (κ2) is 3.26. The van der Waals surface area contributed by atoms with E-state index in [-0.39, 0.29) is 6.42 Å². The molecule has 1 rings (SSSR count). The Bertz CT molecular complexity index is 148. The van der Waals surface area contributed by atoms with Gasteiger partial charge in [-0.25, -0.2) is 8.78 Å². The van der Waals surface area contributed by atoms with Crippen molar-refractivity contribution in [2.75, 3.05) is 13.1 Å². The van der Waals surface area contributed by atoms with Crippen molar-refractivity contribution in [3.05, 3.63) is 0 Å². The standard InChI is InChI=1S/C8H16F2N2/c1-7(9,10)6-8(11)2-4-12-5-3-8/h12H,2-6,11H2,1H3. The lowest BCUT2D eigenvalue weighted by atomic mass is 9.84. The van der Waals surface area contributed by atoms with Crippen molar-refractivity contribution in [1.29, 1.82) is 0 Å². The molecule has 0 saturated carbocycles. The lowest BCUT2D eigenvalue weighted by Gasteiger charge is -2.35. The highest BCUT2D eigenvalue weighted by atomic mass is 19.3. The lowest BCUT2D eigenvalue weighted by Crippen LogP contribution is -2.51. The third-order valence-corrected chi connectivity index (χ3v) is 2.26. The first-order valence-electron chi connectivity index (χ1n) is 4.29. The smallest absolute Gasteiger partial charge is 0.247 e. The van der Waals surface area contributed by atoms with Crippen LogP contribution in [0.15, 0.2) is 0 Å². The summed E-state index contributed by atoms with van der Waals surface area (Å²) in [7, 11) is 0. The third kappa shape index (κ3) is 3.03. The maximum Gasteiger partial charge on any atom is 0.247 e. The molecule has 0 radical (unpaired) electrons. The van der Waals surface area contributed by atoms with Crippen LogP contribution in [-0.2, 0) is 0 Å². The maximum absolute atomic E-state index is 12.7. The highest BCUT2D eigenvalue weighted by molar-refractivity contribution is 4.91. The summed E-state index contributed by atoms with van der Waals surface area (Å²) in [6.07, 6.45) is 1.11. The molecule has 0 bridgehead atoms. The summed E-state index contributed by atoms with van der Waals surface area (Å²) in [4.78, 5) is 0. The minimum atomic E-state index is -2.63. The Kier molecular flexibility index (Phi) is 2.68. The van der Waals surface area contributed by atoms with Crippen molar-refractivity contribution in [2.24, 2.45) is 5.73 Å². The zero-order valence-electron chi connectivity index (χ0n) is 7.37. The Balaban J connectivity index is 2.47. The van der Waals surface area contributed by atoms with Crippen molar-refractivity contribution < 1.29 is 8.78 Å². The van der Waals surface area contributed by atoms with Crippen LogP contribution in [0.25, 0.3) is 0 Å². The van der Waals surface area contributed by atoms with Gasteiger partial charge in [-0.3, -0.25) is 0 Å². The molecule has 0 unspecified atom stereocenters. The molecule has 0 aromatic rings. The van der Waals surface area contributed by atoms with Gasteiger partial charge in [0.05, 0.1) is 0 Å². The molecule has 0 spiro atoms. The third-order valence-electron chi connectivity index (χ3n) is 2.26. The van der Waals surface area contributed by atoms with Gasteiger partial charge in [0, 0.05) is 12.0 Å². The van der Waals surface area contributed by atoms with Crippen molar-refractivity contribution in [3.8, 4) is 0 Å². The second-order valence-electron chi connectivity index (χ2n) is 3.86. The molecule has 0 amide bonds. The van der Waals surface area contributed by atoms with Crippen LogP contribution < -0.4 is 11.1 Å². The van der Waals surface area contributed by atoms with E-state index in [9.17, 15) is 8.78 Å². The maximum atomic E-state index is 12.7. The quantitative estimate of drug-likeness (QED) is 0.664. The number of halogens is 2. The number of nitrogens with two attached hydrogens (primary N) is 1. The fourth-order valence-corrected chi connectivity index (χ4v) is 1.72. The van der Waals surface area contributed by atoms with Crippen molar-refractivity contribution in [2.45, 2.75) is 37.6 Å². The highest BCUT2D eigenvalue weighted by Crippen LogP contribution is 2.29. The Hall–Kier alpha value is -0.220. The topological polar surface area (TPSA) is 38.0 Å². The van der Waals surface area contributed by atoms with E-state index in [0.29, 0.717) is 12.8 Å². The van der Waals surface area contributed by atoms with Gasteiger partial charge >= 0.3 is 0 Å². The predicted octanol–water partition coefficient (Wildman–Crippen LogP) is 1.11. The van der Waals surface area contributed by atoms with Crippen LogP contribution in [0.1, 0.15) is 26.2 Å². The Morgan fingerprint density at radius 3 is 2.33 bits per heavy atom. The molecule has 1 heterocycles. The van der Waals surface area contributed by atoms with E-state index in [1.807, 2.05) is 0 Å². The molecule has 12 heavy (non-hydrogen) atoms. The highest BCUT2D eigenvalue weighted by Gasteiger charge is 2.36. The molecule has 1 fully saturated rings. The first kappa shape index (κ1) is 9.86. The minimum absolute atomic E-state index is 0.193. The first-order chi connectivity index (χ1) is 5.41. The fraction of sp³-hybridized carbons (Fsp3) is 1.00. The van der Waals surface area contributed by atoms with Gasteiger partial charge in [0.15, 0.2) is 0 Å². The number of alkyl halides is 2. The monoisotopic (exact) mass is 178 g/mol. The van der Waals surface area contributed by atoms with Crippen LogP contribution in [0, 0.1) is 0 Å². The Morgan fingerprint density at radius 1 is 1.42 bits per heavy atom. The summed E-state index contributed by atoms with van der Waals surface area (Å²) in [5, 5.41) is 3.10. The molecule has 0 aromatic heterocycles. The summed E-state index contributed by atoms with van der Waals surface area (Å²) >= 11 is 0. The van der Waals surface area contributed by atoms with Crippen molar-refractivity contribution >= 4 is 0 Å². The first-order valence-corrected chi connectivity index (χ1v) is 4.29. The summed E-state index contributed by atoms with van der Waals surface area (Å²) in [5.41, 5.74) is 5.18. The van der Waals surface area contributed by atoms with E-state index >= 15 is 0 Å². The largest absolute Gasteiger partial charge is 0.325 e. The van der Waals surface area contributed by atoms with E-state index in [1.54, 1.807) is 0 Å². The van der Waals surface area contributed by atoms with E-state index < -0.39 is 11.5 Å². The molecule has 72 valence electrons. The minimum Gasteiger partial charge on any atom is -0.325 e. The van der Waals surface area contributed by atoms with E-state index in [0.717, 1.165) is 20.0 Å². The number of rotatable bonds is 2. The summed E-state index contributed by atoms with van der Waals surface area (Å²) < 4.78 is 25.3. The molecular weight excluding hydrogens is 162 g/mol. The molecular formula is C8H16F2N2. The molecule has 4 heteroatoms. The van der Waals surface area contributed by atoms with Crippen molar-refractivity contribution in [3.63, 3.8) is 0 Å². The molecule has 2 nitrogen and oxygen atoms in total. The van der Waals surface area contributed by atoms with Crippen LogP contribution in [0.3, 0.4) is 0 Å². The van der Waals surface area contributed by atoms with E-state index in [4.69, 9.17) is 5.73 Å². The Labute approximate surface area is 71.5 Å². The van der Waals surface area contributed by atoms with Crippen LogP contribution >= 0.6 is 0 Å². The summed E-state index contributed by atoms with van der Waals surface area (Å²) in [6, 6.07) is 0. The lowest BCUT2D eigenvalue weighted by molar-refractivity contribution is -0.0145. The number of hydrogen-bond acceptors (Lipinski definition) is 2. The predicted molar refractivity (Wildman–Crippen MR) is 44.3 cm³/mol. The number of piperidine rings is 1. The zero-order chi connectivity index (χ0) is 9.24. The van der Waals surface area contributed by atoms with Crippen LogP contribution in [-0.4, -0.2) is 24.6 Å². The molecule has 0 aliphatic carbocycles. The van der Waals surface area contributed by atoms with E-state index in [2.05, 4.69) is 5.32 Å². The molecule has 0 aromatic carbocycles. The molecule has 1 aliphatic rings. The van der Waals surface area contributed by atoms with Gasteiger partial charge in [0.2, 0.25) is 5.92 Å². The van der Waals surface area contributed by atoms with Crippen LogP contribution in [0.4, 0.5) is 8.78 Å². The second-order valence-corrected chi connectivity index (χ2v) is 3.86. The van der Waals surface area contributed by atoms with Gasteiger partial charge in [0.1, 0.15) is 0 Å². The Morgan fingerprint density at radius 2 is 1.92 bits per heavy atom. The average Bonchev–Trinajstić information content (AvgIpc) is 1.83. The summed E-state index contributed by atoms with van der Waals surface area (Å²) in [5.74, 6) is -2.63. The summed E-state index contributed by atoms with van der Waals surface area (Å²) in [6.45, 7) is 2.45. The normalized spacial score (nSPS) is 24.0. The van der Waals surface area contributed by atoms with Crippen LogP contribution in [0.5, 0.6) is 0 Å². The zero-order valence-corrected chi connectivity index (χ0v) is 7.37. The van der Waals surface area contributed by atoms with Gasteiger partial charge in [0.25, 0.3) is 0 Å². The molecule has 3 N–H and O–H groups in total. The SMILES string of the molecule is CC(F)(F)CC1(N)CCNCC1. The van der Waals surface area contributed by atoms with Crippen molar-refractivity contribution in [1.82, 2.24) is 5.32 Å². The number of hydrogen-bond donors (Lipinski definition) is 2. The van der Waals surface area contributed by atoms with Gasteiger partial charge < -0.3 is 11.1 Å². The van der Waals surface area contributed by atoms with Gasteiger partial charge in [-0.1, -0.05) is 0 Å². The van der Waals surface area contributed by atoms with Crippen LogP contribution in [0.2, 0.25) is 0 Å². The van der Waals surface area contributed by atoms with Gasteiger partial charge in [-0.05, 0) is 32.9 Å². The van der Waals surface area contributed by atoms with Gasteiger partial charge in [-0.2, -0.15) is 0 Å². The van der Waals surface area contributed by atoms with Gasteiger partial charge in [-0.15, -0.1) is 0 Å². The molecule has 1 aliphatic heterocycles. The van der Waals surface area contributed by atoms with E-state index in [1.165, 1.54) is 0 Å².